The van der Waals surface area contributed by atoms with E-state index in [0.29, 0.717) is 21.9 Å². The standard InChI is InChI=1S/C19H14N2O7S2/c22-9-2-1-5(21(26)27)3-6(9)10-11-7-4-8(13-12(7)17(23)28-18(13)24)14(11)29-16-15(10)30-19(25)20-16/h1-3,7-8,10-14,22H,4H2,(H,20,25)/t7-,8+,10+,11+,12+,13+,14-/m0/s1. The van der Waals surface area contributed by atoms with Gasteiger partial charge in [-0.2, -0.15) is 0 Å². The number of nitro benzene ring substituents is 1. The van der Waals surface area contributed by atoms with Crippen molar-refractivity contribution in [3.8, 4) is 5.75 Å². The van der Waals surface area contributed by atoms with Crippen molar-refractivity contribution in [1.82, 2.24) is 4.98 Å². The molecule has 7 atom stereocenters. The molecule has 2 aliphatic carbocycles. The van der Waals surface area contributed by atoms with Gasteiger partial charge in [-0.15, -0.1) is 11.8 Å². The summed E-state index contributed by atoms with van der Waals surface area (Å²) >= 11 is 2.52. The lowest BCUT2D eigenvalue weighted by molar-refractivity contribution is -0.385. The molecular formula is C19H14N2O7S2. The maximum atomic E-state index is 12.4. The summed E-state index contributed by atoms with van der Waals surface area (Å²) in [6.07, 6.45) is 0.684. The van der Waals surface area contributed by atoms with Crippen LogP contribution in [-0.4, -0.2) is 32.2 Å². The number of phenolic OH excluding ortho intramolecular Hbond substituents is 1. The molecule has 1 aromatic carbocycles. The lowest BCUT2D eigenvalue weighted by Crippen LogP contribution is -2.42. The number of nitrogens with zero attached hydrogens (tertiary/aromatic N) is 1. The van der Waals surface area contributed by atoms with Crippen LogP contribution < -0.4 is 4.87 Å². The van der Waals surface area contributed by atoms with E-state index in [9.17, 15) is 29.6 Å². The Morgan fingerprint density at radius 1 is 1.17 bits per heavy atom. The summed E-state index contributed by atoms with van der Waals surface area (Å²) < 4.78 is 4.93. The number of carbonyl (C=O) groups is 2. The Balaban J connectivity index is 1.55. The topological polar surface area (TPSA) is 140 Å². The van der Waals surface area contributed by atoms with Gasteiger partial charge in [0.05, 0.1) is 21.8 Å². The first kappa shape index (κ1) is 18.1. The number of non-ortho nitro benzene ring substituents is 1. The highest BCUT2D eigenvalue weighted by Crippen LogP contribution is 2.68. The number of cyclic esters (lactones) is 2. The monoisotopic (exact) mass is 446 g/mol. The van der Waals surface area contributed by atoms with Gasteiger partial charge in [0, 0.05) is 33.7 Å². The number of benzene rings is 1. The Morgan fingerprint density at radius 2 is 1.90 bits per heavy atom. The van der Waals surface area contributed by atoms with E-state index in [2.05, 4.69) is 4.98 Å². The van der Waals surface area contributed by atoms with Gasteiger partial charge in [0.15, 0.2) is 0 Å². The molecule has 2 N–H and O–H groups in total. The lowest BCUT2D eigenvalue weighted by Gasteiger charge is -2.42. The molecule has 30 heavy (non-hydrogen) atoms. The molecule has 0 unspecified atom stereocenters. The summed E-state index contributed by atoms with van der Waals surface area (Å²) in [4.78, 5) is 50.9. The summed E-state index contributed by atoms with van der Waals surface area (Å²) in [5.74, 6) is -2.91. The minimum Gasteiger partial charge on any atom is -0.508 e. The second-order valence-electron chi connectivity index (χ2n) is 8.20. The van der Waals surface area contributed by atoms with Gasteiger partial charge in [-0.1, -0.05) is 11.3 Å². The predicted molar refractivity (Wildman–Crippen MR) is 104 cm³/mol. The number of nitro groups is 1. The number of hydrogen-bond acceptors (Lipinski definition) is 9. The summed E-state index contributed by atoms with van der Waals surface area (Å²) in [6, 6.07) is 3.88. The van der Waals surface area contributed by atoms with Crippen LogP contribution in [0.2, 0.25) is 0 Å². The molecule has 1 aromatic heterocycles. The van der Waals surface area contributed by atoms with E-state index in [4.69, 9.17) is 4.74 Å². The average Bonchev–Trinajstić information content (AvgIpc) is 3.41. The number of carbonyl (C=O) groups excluding carboxylic acids is 2. The minimum atomic E-state index is -0.525. The number of thioether (sulfide) groups is 1. The number of H-pyrrole nitrogens is 1. The average molecular weight is 446 g/mol. The van der Waals surface area contributed by atoms with Crippen molar-refractivity contribution in [2.45, 2.75) is 22.6 Å². The van der Waals surface area contributed by atoms with Crippen molar-refractivity contribution in [2.75, 3.05) is 0 Å². The molecule has 1 saturated heterocycles. The quantitative estimate of drug-likeness (QED) is 0.310. The first-order valence-electron chi connectivity index (χ1n) is 9.47. The molecule has 154 valence electrons. The van der Waals surface area contributed by atoms with E-state index < -0.39 is 34.6 Å². The highest BCUT2D eigenvalue weighted by Gasteiger charge is 2.69. The van der Waals surface area contributed by atoms with E-state index >= 15 is 0 Å². The SMILES string of the molecule is O=C1OC(=O)[C@@H]2[C@H]3C[C@H]([C@@H]12)[C@@H]1[C@@H](c2cc([N+](=O)[O-])ccc2O)c2sc(=O)[nH]c2S[C@@H]31. The van der Waals surface area contributed by atoms with Gasteiger partial charge in [0.2, 0.25) is 0 Å². The van der Waals surface area contributed by atoms with E-state index in [1.807, 2.05) is 0 Å². The van der Waals surface area contributed by atoms with Crippen molar-refractivity contribution in [3.63, 3.8) is 0 Å². The predicted octanol–water partition coefficient (Wildman–Crippen LogP) is 2.24. The summed E-state index contributed by atoms with van der Waals surface area (Å²) in [5.41, 5.74) is 0.219. The maximum absolute atomic E-state index is 12.4. The van der Waals surface area contributed by atoms with Gasteiger partial charge in [0.25, 0.3) is 5.69 Å². The third kappa shape index (κ3) is 2.21. The van der Waals surface area contributed by atoms with Crippen molar-refractivity contribution in [3.05, 3.63) is 48.4 Å². The second kappa shape index (κ2) is 5.94. The number of phenols is 1. The number of rotatable bonds is 2. The highest BCUT2D eigenvalue weighted by molar-refractivity contribution is 8.00. The zero-order valence-corrected chi connectivity index (χ0v) is 16.8. The third-order valence-corrected chi connectivity index (χ3v) is 9.60. The third-order valence-electron chi connectivity index (χ3n) is 7.02. The largest absolute Gasteiger partial charge is 0.508 e. The van der Waals surface area contributed by atoms with Crippen molar-refractivity contribution in [2.24, 2.45) is 29.6 Å². The molecule has 2 aromatic rings. The second-order valence-corrected chi connectivity index (χ2v) is 10.4. The van der Waals surface area contributed by atoms with E-state index in [0.717, 1.165) is 11.3 Å². The summed E-state index contributed by atoms with van der Waals surface area (Å²) in [5, 5.41) is 22.6. The molecule has 4 aliphatic rings. The van der Waals surface area contributed by atoms with Gasteiger partial charge in [0.1, 0.15) is 5.75 Å². The van der Waals surface area contributed by atoms with Crippen LogP contribution in [0.3, 0.4) is 0 Å². The minimum absolute atomic E-state index is 0.0592. The number of hydrogen-bond donors (Lipinski definition) is 2. The fourth-order valence-corrected chi connectivity index (χ4v) is 8.95. The maximum Gasteiger partial charge on any atom is 0.317 e. The highest BCUT2D eigenvalue weighted by atomic mass is 32.2. The molecule has 2 saturated carbocycles. The van der Waals surface area contributed by atoms with Crippen LogP contribution in [0.1, 0.15) is 22.8 Å². The Labute approximate surface area is 176 Å². The van der Waals surface area contributed by atoms with Gasteiger partial charge in [-0.25, -0.2) is 0 Å². The number of thiazole rings is 1. The van der Waals surface area contributed by atoms with Crippen molar-refractivity contribution < 1.29 is 24.4 Å². The first-order valence-corrected chi connectivity index (χ1v) is 11.2. The van der Waals surface area contributed by atoms with Crippen molar-refractivity contribution >= 4 is 40.7 Å². The van der Waals surface area contributed by atoms with Gasteiger partial charge in [-0.05, 0) is 30.2 Å². The number of aromatic hydroxyl groups is 1. The Kier molecular flexibility index (Phi) is 3.59. The first-order chi connectivity index (χ1) is 14.3. The van der Waals surface area contributed by atoms with Crippen LogP contribution in [0, 0.1) is 39.7 Å². The van der Waals surface area contributed by atoms with Crippen LogP contribution in [0.15, 0.2) is 28.0 Å². The fraction of sp³-hybridized carbons (Fsp3) is 0.421. The van der Waals surface area contributed by atoms with E-state index in [-0.39, 0.29) is 39.3 Å². The number of aromatic amines is 1. The van der Waals surface area contributed by atoms with Gasteiger partial charge in [-0.3, -0.25) is 24.5 Å². The molecule has 2 bridgehead atoms. The number of ether oxygens (including phenoxy) is 1. The number of nitrogens with one attached hydrogen (secondary N) is 1. The molecule has 0 amide bonds. The normalized spacial score (nSPS) is 35.7. The molecule has 0 radical (unpaired) electrons. The molecule has 3 fully saturated rings. The number of aromatic nitrogens is 1. The van der Waals surface area contributed by atoms with E-state index in [1.165, 1.54) is 30.0 Å². The Morgan fingerprint density at radius 3 is 2.63 bits per heavy atom. The number of esters is 2. The zero-order chi connectivity index (χ0) is 20.9. The summed E-state index contributed by atoms with van der Waals surface area (Å²) in [6.45, 7) is 0. The van der Waals surface area contributed by atoms with Crippen LogP contribution in [0.5, 0.6) is 5.75 Å². The smallest absolute Gasteiger partial charge is 0.317 e. The number of fused-ring (bicyclic) bond motifs is 9. The van der Waals surface area contributed by atoms with Gasteiger partial charge >= 0.3 is 16.8 Å². The lowest BCUT2D eigenvalue weighted by atomic mass is 9.68. The molecule has 6 rings (SSSR count). The fourth-order valence-electron chi connectivity index (χ4n) is 6.07. The van der Waals surface area contributed by atoms with Gasteiger partial charge < -0.3 is 14.8 Å². The van der Waals surface area contributed by atoms with Crippen LogP contribution in [0.4, 0.5) is 5.69 Å². The molecule has 9 nitrogen and oxygen atoms in total. The van der Waals surface area contributed by atoms with Crippen LogP contribution >= 0.6 is 23.1 Å². The van der Waals surface area contributed by atoms with Crippen LogP contribution in [-0.2, 0) is 14.3 Å². The van der Waals surface area contributed by atoms with Crippen LogP contribution in [0.25, 0.3) is 0 Å². The molecular weight excluding hydrogens is 432 g/mol. The zero-order valence-electron chi connectivity index (χ0n) is 15.1. The molecule has 3 heterocycles. The molecule has 0 spiro atoms. The molecule has 11 heteroatoms. The Bertz CT molecular complexity index is 1200. The van der Waals surface area contributed by atoms with Crippen molar-refractivity contribution in [1.29, 1.82) is 0 Å². The van der Waals surface area contributed by atoms with E-state index in [1.54, 1.807) is 0 Å². The Hall–Kier alpha value is -2.66. The molecule has 2 aliphatic heterocycles. The summed E-state index contributed by atoms with van der Waals surface area (Å²) in [7, 11) is 0.